The van der Waals surface area contributed by atoms with Crippen molar-refractivity contribution >= 4 is 22.9 Å². The number of rotatable bonds is 9. The lowest BCUT2D eigenvalue weighted by Crippen LogP contribution is -2.34. The summed E-state index contributed by atoms with van der Waals surface area (Å²) in [6, 6.07) is 8.28. The first-order valence-electron chi connectivity index (χ1n) is 9.16. The van der Waals surface area contributed by atoms with Gasteiger partial charge in [0.25, 0.3) is 5.24 Å². The van der Waals surface area contributed by atoms with Crippen LogP contribution in [0.15, 0.2) is 24.3 Å². The van der Waals surface area contributed by atoms with Gasteiger partial charge in [-0.3, -0.25) is 14.5 Å². The Balaban J connectivity index is 1.21. The number of nitrogens with zero attached hydrogens (tertiary/aromatic N) is 1. The highest BCUT2D eigenvalue weighted by molar-refractivity contribution is 8.14. The topological polar surface area (TPSA) is 58.6 Å². The van der Waals surface area contributed by atoms with Gasteiger partial charge in [-0.15, -0.1) is 0 Å². The second kappa shape index (κ2) is 9.25. The monoisotopic (exact) mass is 362 g/mol. The van der Waals surface area contributed by atoms with E-state index in [0.29, 0.717) is 12.3 Å². The molecule has 0 radical (unpaired) electrons. The molecule has 25 heavy (non-hydrogen) atoms. The molecule has 0 spiro atoms. The summed E-state index contributed by atoms with van der Waals surface area (Å²) in [5.74, 6) is 1.31. The molecule has 1 aromatic rings. The molecule has 5 nitrogen and oxygen atoms in total. The third-order valence-electron chi connectivity index (χ3n) is 4.70. The smallest absolute Gasteiger partial charge is 0.288 e. The summed E-state index contributed by atoms with van der Waals surface area (Å²) in [6.07, 6.45) is 6.61. The number of unbranched alkanes of at least 4 members (excludes halogenated alkanes) is 3. The second-order valence-corrected chi connectivity index (χ2v) is 7.53. The highest BCUT2D eigenvalue weighted by Crippen LogP contribution is 2.26. The van der Waals surface area contributed by atoms with Crippen LogP contribution in [0.1, 0.15) is 37.7 Å². The zero-order valence-corrected chi connectivity index (χ0v) is 15.4. The SMILES string of the molecule is O=C1CSC(=O)N1CCCCCCNCC1CCc2ccccc2O1. The van der Waals surface area contributed by atoms with Crippen LogP contribution in [0.4, 0.5) is 4.79 Å². The van der Waals surface area contributed by atoms with Gasteiger partial charge in [0.05, 0.1) is 5.75 Å². The van der Waals surface area contributed by atoms with Crippen LogP contribution in [0.2, 0.25) is 0 Å². The molecule has 1 N–H and O–H groups in total. The average Bonchev–Trinajstić information content (AvgIpc) is 2.95. The molecule has 1 atom stereocenters. The Kier molecular flexibility index (Phi) is 6.76. The maximum Gasteiger partial charge on any atom is 0.288 e. The van der Waals surface area contributed by atoms with Gasteiger partial charge < -0.3 is 10.1 Å². The van der Waals surface area contributed by atoms with E-state index >= 15 is 0 Å². The largest absolute Gasteiger partial charge is 0.489 e. The zero-order valence-electron chi connectivity index (χ0n) is 14.5. The first-order chi connectivity index (χ1) is 12.2. The van der Waals surface area contributed by atoms with Gasteiger partial charge in [0.1, 0.15) is 11.9 Å². The fourth-order valence-electron chi connectivity index (χ4n) is 3.26. The molecule has 0 bridgehead atoms. The number of ether oxygens (including phenoxy) is 1. The maximum absolute atomic E-state index is 11.5. The van der Waals surface area contributed by atoms with E-state index in [1.807, 2.05) is 6.07 Å². The van der Waals surface area contributed by atoms with Gasteiger partial charge in [-0.05, 0) is 43.9 Å². The molecule has 6 heteroatoms. The minimum absolute atomic E-state index is 0.0364. The van der Waals surface area contributed by atoms with Gasteiger partial charge in [0.15, 0.2) is 0 Å². The third-order valence-corrected chi connectivity index (χ3v) is 5.56. The first kappa shape index (κ1) is 18.3. The molecular formula is C19H26N2O3S. The first-order valence-corrected chi connectivity index (χ1v) is 10.1. The van der Waals surface area contributed by atoms with Crippen LogP contribution in [0, 0.1) is 0 Å². The Morgan fingerprint density at radius 1 is 1.16 bits per heavy atom. The summed E-state index contributed by atoms with van der Waals surface area (Å²) >= 11 is 1.11. The Hall–Kier alpha value is -1.53. The summed E-state index contributed by atoms with van der Waals surface area (Å²) in [7, 11) is 0. The van der Waals surface area contributed by atoms with Gasteiger partial charge in [0, 0.05) is 13.1 Å². The van der Waals surface area contributed by atoms with Crippen LogP contribution in [-0.2, 0) is 11.2 Å². The molecule has 2 aliphatic rings. The van der Waals surface area contributed by atoms with Crippen molar-refractivity contribution in [3.8, 4) is 5.75 Å². The van der Waals surface area contributed by atoms with E-state index in [1.54, 1.807) is 0 Å². The van der Waals surface area contributed by atoms with E-state index in [1.165, 1.54) is 10.5 Å². The molecule has 1 saturated heterocycles. The van der Waals surface area contributed by atoms with Crippen LogP contribution in [-0.4, -0.2) is 47.5 Å². The highest BCUT2D eigenvalue weighted by atomic mass is 32.2. The zero-order chi connectivity index (χ0) is 17.5. The summed E-state index contributed by atoms with van der Waals surface area (Å²) < 4.78 is 6.02. The molecule has 136 valence electrons. The van der Waals surface area contributed by atoms with Gasteiger partial charge >= 0.3 is 0 Å². The fourth-order valence-corrected chi connectivity index (χ4v) is 4.01. The predicted octanol–water partition coefficient (Wildman–Crippen LogP) is 3.23. The van der Waals surface area contributed by atoms with Crippen LogP contribution in [0.5, 0.6) is 5.75 Å². The fraction of sp³-hybridized carbons (Fsp3) is 0.579. The number of hydrogen-bond acceptors (Lipinski definition) is 5. The lowest BCUT2D eigenvalue weighted by Gasteiger charge is -2.26. The van der Waals surface area contributed by atoms with Crippen molar-refractivity contribution in [3.63, 3.8) is 0 Å². The standard InChI is InChI=1S/C19H26N2O3S/c22-18-14-25-19(23)21(18)12-6-2-1-5-11-20-13-16-10-9-15-7-3-4-8-17(15)24-16/h3-4,7-8,16,20H,1-2,5-6,9-14H2. The Labute approximate surface area is 153 Å². The number of thioether (sulfide) groups is 1. The summed E-state index contributed by atoms with van der Waals surface area (Å²) in [5.41, 5.74) is 1.31. The number of amides is 2. The number of carbonyl (C=O) groups excluding carboxylic acids is 2. The molecular weight excluding hydrogens is 336 g/mol. The van der Waals surface area contributed by atoms with Crippen molar-refractivity contribution in [2.45, 2.75) is 44.6 Å². The molecule has 2 amide bonds. The number of carbonyl (C=O) groups is 2. The number of para-hydroxylation sites is 1. The van der Waals surface area contributed by atoms with Crippen LogP contribution in [0.3, 0.4) is 0 Å². The van der Waals surface area contributed by atoms with Gasteiger partial charge in [-0.2, -0.15) is 0 Å². The van der Waals surface area contributed by atoms with Crippen LogP contribution in [0.25, 0.3) is 0 Å². The number of aryl methyl sites for hydroxylation is 1. The van der Waals surface area contributed by atoms with Crippen molar-refractivity contribution in [3.05, 3.63) is 29.8 Å². The molecule has 1 fully saturated rings. The highest BCUT2D eigenvalue weighted by Gasteiger charge is 2.28. The van der Waals surface area contributed by atoms with E-state index in [4.69, 9.17) is 4.74 Å². The van der Waals surface area contributed by atoms with Crippen molar-refractivity contribution in [1.82, 2.24) is 10.2 Å². The molecule has 0 saturated carbocycles. The van der Waals surface area contributed by atoms with Crippen LogP contribution >= 0.6 is 11.8 Å². The minimum atomic E-state index is -0.0827. The number of imide groups is 1. The number of hydrogen-bond donors (Lipinski definition) is 1. The molecule has 0 aliphatic carbocycles. The lowest BCUT2D eigenvalue weighted by molar-refractivity contribution is -0.124. The quantitative estimate of drug-likeness (QED) is 0.684. The number of nitrogens with one attached hydrogen (secondary N) is 1. The van der Waals surface area contributed by atoms with Crippen molar-refractivity contribution in [1.29, 1.82) is 0 Å². The van der Waals surface area contributed by atoms with E-state index in [0.717, 1.165) is 69.1 Å². The maximum atomic E-state index is 11.5. The molecule has 3 rings (SSSR count). The molecule has 0 aromatic heterocycles. The predicted molar refractivity (Wildman–Crippen MR) is 100 cm³/mol. The summed E-state index contributed by atoms with van der Waals surface area (Å²) in [5, 5.41) is 3.40. The number of fused-ring (bicyclic) bond motifs is 1. The van der Waals surface area contributed by atoms with Gasteiger partial charge in [0.2, 0.25) is 5.91 Å². The average molecular weight is 362 g/mol. The Bertz CT molecular complexity index is 592. The van der Waals surface area contributed by atoms with E-state index in [-0.39, 0.29) is 17.3 Å². The Morgan fingerprint density at radius 2 is 2.00 bits per heavy atom. The van der Waals surface area contributed by atoms with E-state index in [9.17, 15) is 9.59 Å². The van der Waals surface area contributed by atoms with E-state index in [2.05, 4.69) is 23.5 Å². The third kappa shape index (κ3) is 5.22. The number of benzene rings is 1. The minimum Gasteiger partial charge on any atom is -0.489 e. The molecule has 2 heterocycles. The molecule has 1 unspecified atom stereocenters. The normalized spacial score (nSPS) is 19.8. The molecule has 1 aromatic carbocycles. The van der Waals surface area contributed by atoms with Crippen molar-refractivity contribution in [2.75, 3.05) is 25.4 Å². The summed E-state index contributed by atoms with van der Waals surface area (Å²) in [4.78, 5) is 24.3. The molecule has 2 aliphatic heterocycles. The van der Waals surface area contributed by atoms with Gasteiger partial charge in [-0.1, -0.05) is 42.8 Å². The van der Waals surface area contributed by atoms with Gasteiger partial charge in [-0.25, -0.2) is 0 Å². The Morgan fingerprint density at radius 3 is 2.84 bits per heavy atom. The van der Waals surface area contributed by atoms with E-state index < -0.39 is 0 Å². The van der Waals surface area contributed by atoms with Crippen LogP contribution < -0.4 is 10.1 Å². The van der Waals surface area contributed by atoms with Crippen molar-refractivity contribution in [2.24, 2.45) is 0 Å². The summed E-state index contributed by atoms with van der Waals surface area (Å²) in [6.45, 7) is 2.45. The lowest BCUT2D eigenvalue weighted by atomic mass is 10.0. The second-order valence-electron chi connectivity index (χ2n) is 6.60. The van der Waals surface area contributed by atoms with Crippen molar-refractivity contribution < 1.29 is 14.3 Å².